The molecule has 1 atom stereocenters. The summed E-state index contributed by atoms with van der Waals surface area (Å²) in [5.74, 6) is -0.141. The molecule has 7 nitrogen and oxygen atoms in total. The molecule has 2 aromatic heterocycles. The molecule has 0 spiro atoms. The molecule has 0 saturated carbocycles. The number of hydrogen-bond acceptors (Lipinski definition) is 6. The number of aliphatic hydroxyl groups excluding tert-OH is 1. The zero-order chi connectivity index (χ0) is 22.0. The first-order chi connectivity index (χ1) is 15.0. The normalized spacial score (nSPS) is 18.0. The van der Waals surface area contributed by atoms with Gasteiger partial charge in [0.05, 0.1) is 31.3 Å². The molecule has 31 heavy (non-hydrogen) atoms. The van der Waals surface area contributed by atoms with E-state index < -0.39 is 17.7 Å². The molecule has 1 saturated heterocycles. The summed E-state index contributed by atoms with van der Waals surface area (Å²) in [5.41, 5.74) is 1.22. The van der Waals surface area contributed by atoms with Gasteiger partial charge in [0, 0.05) is 5.56 Å². The summed E-state index contributed by atoms with van der Waals surface area (Å²) in [6.45, 7) is 4.54. The molecule has 1 aromatic carbocycles. The number of aryl methyl sites for hydroxylation is 1. The van der Waals surface area contributed by atoms with E-state index in [0.717, 1.165) is 12.0 Å². The summed E-state index contributed by atoms with van der Waals surface area (Å²) in [7, 11) is 0. The number of carbonyl (C=O) groups is 2. The van der Waals surface area contributed by atoms with E-state index in [9.17, 15) is 14.7 Å². The molecule has 1 unspecified atom stereocenters. The lowest BCUT2D eigenvalue weighted by Gasteiger charge is -2.22. The van der Waals surface area contributed by atoms with Gasteiger partial charge in [0.1, 0.15) is 29.1 Å². The fraction of sp³-hybridized carbons (Fsp3) is 0.250. The molecular formula is C24H23NO6. The van der Waals surface area contributed by atoms with Crippen LogP contribution in [0.15, 0.2) is 69.4 Å². The minimum atomic E-state index is -0.864. The summed E-state index contributed by atoms with van der Waals surface area (Å²) < 4.78 is 16.6. The number of benzene rings is 1. The van der Waals surface area contributed by atoms with Crippen molar-refractivity contribution in [2.75, 3.05) is 6.61 Å². The zero-order valence-corrected chi connectivity index (χ0v) is 17.3. The quantitative estimate of drug-likeness (QED) is 0.341. The highest BCUT2D eigenvalue weighted by Gasteiger charge is 2.47. The molecule has 1 N–H and O–H groups in total. The molecule has 3 aromatic rings. The molecular weight excluding hydrogens is 398 g/mol. The summed E-state index contributed by atoms with van der Waals surface area (Å²) >= 11 is 0. The summed E-state index contributed by atoms with van der Waals surface area (Å²) in [5, 5.41) is 11.1. The lowest BCUT2D eigenvalue weighted by atomic mass is 9.98. The van der Waals surface area contributed by atoms with E-state index >= 15 is 0 Å². The predicted octanol–water partition coefficient (Wildman–Crippen LogP) is 4.59. The van der Waals surface area contributed by atoms with Gasteiger partial charge in [-0.1, -0.05) is 6.92 Å². The van der Waals surface area contributed by atoms with E-state index in [1.54, 1.807) is 42.5 Å². The first-order valence-corrected chi connectivity index (χ1v) is 10.1. The minimum absolute atomic E-state index is 0.0202. The van der Waals surface area contributed by atoms with Crippen LogP contribution < -0.4 is 4.74 Å². The van der Waals surface area contributed by atoms with Crippen LogP contribution in [0.2, 0.25) is 0 Å². The molecule has 7 heteroatoms. The van der Waals surface area contributed by atoms with Crippen LogP contribution in [0.25, 0.3) is 5.76 Å². The molecule has 1 amide bonds. The molecule has 0 aliphatic carbocycles. The zero-order valence-electron chi connectivity index (χ0n) is 17.3. The Bertz CT molecular complexity index is 1110. The number of carbonyl (C=O) groups excluding carboxylic acids is 2. The van der Waals surface area contributed by atoms with E-state index in [2.05, 4.69) is 0 Å². The molecule has 0 radical (unpaired) electrons. The van der Waals surface area contributed by atoms with Crippen molar-refractivity contribution < 1.29 is 28.3 Å². The van der Waals surface area contributed by atoms with Crippen molar-refractivity contribution in [3.05, 3.63) is 83.2 Å². The van der Waals surface area contributed by atoms with Gasteiger partial charge in [-0.2, -0.15) is 0 Å². The first kappa shape index (κ1) is 20.5. The van der Waals surface area contributed by atoms with Crippen LogP contribution in [0.1, 0.15) is 42.0 Å². The van der Waals surface area contributed by atoms with Gasteiger partial charge in [0.25, 0.3) is 11.7 Å². The largest absolute Gasteiger partial charge is 0.507 e. The van der Waals surface area contributed by atoms with Crippen LogP contribution >= 0.6 is 0 Å². The monoisotopic (exact) mass is 421 g/mol. The van der Waals surface area contributed by atoms with E-state index in [0.29, 0.717) is 29.4 Å². The third kappa shape index (κ3) is 3.86. The Labute approximate surface area is 179 Å². The number of amides is 1. The number of furan rings is 2. The maximum atomic E-state index is 13.0. The van der Waals surface area contributed by atoms with E-state index in [4.69, 9.17) is 13.6 Å². The van der Waals surface area contributed by atoms with Gasteiger partial charge in [-0.05, 0) is 61.4 Å². The maximum absolute atomic E-state index is 13.0. The second kappa shape index (κ2) is 8.55. The van der Waals surface area contributed by atoms with Gasteiger partial charge < -0.3 is 23.6 Å². The predicted molar refractivity (Wildman–Crippen MR) is 112 cm³/mol. The van der Waals surface area contributed by atoms with Crippen LogP contribution in [-0.2, 0) is 16.1 Å². The van der Waals surface area contributed by atoms with Crippen LogP contribution in [0.5, 0.6) is 5.75 Å². The Morgan fingerprint density at radius 3 is 2.55 bits per heavy atom. The Kier molecular flexibility index (Phi) is 5.66. The standard InChI is InChI=1S/C24H23NO6/c1-3-10-30-18-9-8-16(13-15(18)2)22(26)20-21(19-7-5-12-31-19)25(24(28)23(20)27)14-17-6-4-11-29-17/h4-9,11-13,21,26H,3,10,14H2,1-2H3/b22-20-. The van der Waals surface area contributed by atoms with Crippen LogP contribution in [0, 0.1) is 6.92 Å². The Morgan fingerprint density at radius 1 is 1.13 bits per heavy atom. The number of nitrogens with zero attached hydrogens (tertiary/aromatic N) is 1. The number of hydrogen-bond donors (Lipinski definition) is 1. The molecule has 4 rings (SSSR count). The summed E-state index contributed by atoms with van der Waals surface area (Å²) in [6.07, 6.45) is 3.84. The molecule has 1 fully saturated rings. The number of ether oxygens (including phenoxy) is 1. The maximum Gasteiger partial charge on any atom is 0.296 e. The third-order valence-electron chi connectivity index (χ3n) is 5.17. The van der Waals surface area contributed by atoms with E-state index in [-0.39, 0.29) is 17.9 Å². The fourth-order valence-electron chi connectivity index (χ4n) is 3.68. The van der Waals surface area contributed by atoms with Gasteiger partial charge in [-0.15, -0.1) is 0 Å². The van der Waals surface area contributed by atoms with Crippen molar-refractivity contribution in [2.24, 2.45) is 0 Å². The Morgan fingerprint density at radius 2 is 1.90 bits per heavy atom. The third-order valence-corrected chi connectivity index (χ3v) is 5.17. The highest BCUT2D eigenvalue weighted by atomic mass is 16.5. The molecule has 160 valence electrons. The van der Waals surface area contributed by atoms with Gasteiger partial charge in [-0.25, -0.2) is 0 Å². The first-order valence-electron chi connectivity index (χ1n) is 10.1. The molecule has 1 aliphatic heterocycles. The topological polar surface area (TPSA) is 93.1 Å². The summed E-state index contributed by atoms with van der Waals surface area (Å²) in [4.78, 5) is 27.1. The van der Waals surface area contributed by atoms with Gasteiger partial charge in [-0.3, -0.25) is 9.59 Å². The lowest BCUT2D eigenvalue weighted by molar-refractivity contribution is -0.140. The number of aliphatic hydroxyl groups is 1. The number of likely N-dealkylation sites (tertiary alicyclic amines) is 1. The second-order valence-corrected chi connectivity index (χ2v) is 7.35. The number of Topliss-reactive ketones (excluding diaryl/α,β-unsaturated/α-hetero) is 1. The van der Waals surface area contributed by atoms with Crippen molar-refractivity contribution in [1.82, 2.24) is 4.90 Å². The Balaban J connectivity index is 1.77. The molecule has 0 bridgehead atoms. The van der Waals surface area contributed by atoms with Gasteiger partial charge in [0.2, 0.25) is 0 Å². The van der Waals surface area contributed by atoms with Crippen molar-refractivity contribution >= 4 is 17.4 Å². The van der Waals surface area contributed by atoms with Crippen molar-refractivity contribution in [3.8, 4) is 5.75 Å². The van der Waals surface area contributed by atoms with Crippen LogP contribution in [-0.4, -0.2) is 28.3 Å². The van der Waals surface area contributed by atoms with Gasteiger partial charge in [0.15, 0.2) is 0 Å². The fourth-order valence-corrected chi connectivity index (χ4v) is 3.68. The number of ketones is 1. The van der Waals surface area contributed by atoms with E-state index in [1.165, 1.54) is 17.4 Å². The smallest absolute Gasteiger partial charge is 0.296 e. The average molecular weight is 421 g/mol. The molecule has 3 heterocycles. The lowest BCUT2D eigenvalue weighted by Crippen LogP contribution is -2.28. The van der Waals surface area contributed by atoms with Crippen LogP contribution in [0.3, 0.4) is 0 Å². The summed E-state index contributed by atoms with van der Waals surface area (Å²) in [6, 6.07) is 11.1. The van der Waals surface area contributed by atoms with Crippen molar-refractivity contribution in [1.29, 1.82) is 0 Å². The minimum Gasteiger partial charge on any atom is -0.507 e. The van der Waals surface area contributed by atoms with E-state index in [1.807, 2.05) is 13.8 Å². The second-order valence-electron chi connectivity index (χ2n) is 7.35. The highest BCUT2D eigenvalue weighted by Crippen LogP contribution is 2.40. The van der Waals surface area contributed by atoms with Crippen molar-refractivity contribution in [3.63, 3.8) is 0 Å². The Hall–Kier alpha value is -3.74. The average Bonchev–Trinajstić information content (AvgIpc) is 3.51. The van der Waals surface area contributed by atoms with Gasteiger partial charge >= 0.3 is 0 Å². The van der Waals surface area contributed by atoms with Crippen LogP contribution in [0.4, 0.5) is 0 Å². The highest BCUT2D eigenvalue weighted by molar-refractivity contribution is 6.46. The van der Waals surface area contributed by atoms with Crippen molar-refractivity contribution in [2.45, 2.75) is 32.9 Å². The molecule has 1 aliphatic rings. The SMILES string of the molecule is CCCOc1ccc(/C(O)=C2/C(=O)C(=O)N(Cc3ccco3)C2c2ccco2)cc1C. The number of rotatable bonds is 7.